The average Bonchev–Trinajstić information content (AvgIpc) is 1.97. The van der Waals surface area contributed by atoms with Crippen LogP contribution in [0.4, 0.5) is 13.2 Å². The molecular formula is C5H9ClF3NO2S. The number of sulfonamides is 1. The highest BCUT2D eigenvalue weighted by Crippen LogP contribution is 2.12. The van der Waals surface area contributed by atoms with Crippen molar-refractivity contribution in [2.75, 3.05) is 18.2 Å². The van der Waals surface area contributed by atoms with E-state index in [4.69, 9.17) is 11.6 Å². The summed E-state index contributed by atoms with van der Waals surface area (Å²) in [7, 11) is -3.83. The Morgan fingerprint density at radius 1 is 1.31 bits per heavy atom. The quantitative estimate of drug-likeness (QED) is 0.731. The predicted octanol–water partition coefficient (Wildman–Crippen LogP) is 1.10. The van der Waals surface area contributed by atoms with Crippen molar-refractivity contribution in [3.63, 3.8) is 0 Å². The minimum Gasteiger partial charge on any atom is -0.212 e. The van der Waals surface area contributed by atoms with Crippen LogP contribution in [0.1, 0.15) is 6.42 Å². The lowest BCUT2D eigenvalue weighted by molar-refractivity contribution is -0.121. The molecule has 8 heteroatoms. The highest BCUT2D eigenvalue weighted by molar-refractivity contribution is 7.89. The van der Waals surface area contributed by atoms with Crippen molar-refractivity contribution in [2.45, 2.75) is 12.6 Å². The fraction of sp³-hybridized carbons (Fsp3) is 1.00. The van der Waals surface area contributed by atoms with Crippen LogP contribution < -0.4 is 4.72 Å². The molecule has 0 amide bonds. The van der Waals surface area contributed by atoms with Gasteiger partial charge in [-0.3, -0.25) is 0 Å². The van der Waals surface area contributed by atoms with Crippen LogP contribution in [0.5, 0.6) is 0 Å². The minimum atomic E-state index is -4.52. The SMILES string of the molecule is O=S(=O)(CCCCl)NCC(F)(F)F. The zero-order valence-electron chi connectivity index (χ0n) is 6.57. The van der Waals surface area contributed by atoms with E-state index in [9.17, 15) is 21.6 Å². The molecule has 0 rings (SSSR count). The third-order valence-corrected chi connectivity index (χ3v) is 2.72. The van der Waals surface area contributed by atoms with Gasteiger partial charge in [0.25, 0.3) is 0 Å². The standard InChI is InChI=1S/C5H9ClF3NO2S/c6-2-1-3-13(11,12)10-4-5(7,8)9/h10H,1-4H2. The van der Waals surface area contributed by atoms with Gasteiger partial charge in [-0.2, -0.15) is 13.2 Å². The first kappa shape index (κ1) is 13.0. The van der Waals surface area contributed by atoms with E-state index in [0.29, 0.717) is 0 Å². The molecule has 3 nitrogen and oxygen atoms in total. The largest absolute Gasteiger partial charge is 0.402 e. The summed E-state index contributed by atoms with van der Waals surface area (Å²) >= 11 is 5.18. The molecule has 1 N–H and O–H groups in total. The maximum absolute atomic E-state index is 11.6. The van der Waals surface area contributed by atoms with Gasteiger partial charge in [-0.25, -0.2) is 13.1 Å². The third-order valence-electron chi connectivity index (χ3n) is 1.04. The van der Waals surface area contributed by atoms with Gasteiger partial charge in [-0.1, -0.05) is 0 Å². The van der Waals surface area contributed by atoms with Gasteiger partial charge in [0, 0.05) is 5.88 Å². The smallest absolute Gasteiger partial charge is 0.212 e. The lowest BCUT2D eigenvalue weighted by Gasteiger charge is -2.08. The first-order valence-electron chi connectivity index (χ1n) is 3.37. The van der Waals surface area contributed by atoms with Crippen molar-refractivity contribution in [3.05, 3.63) is 0 Å². The summed E-state index contributed by atoms with van der Waals surface area (Å²) in [5.41, 5.74) is 0. The number of hydrogen-bond acceptors (Lipinski definition) is 2. The number of alkyl halides is 4. The van der Waals surface area contributed by atoms with Crippen molar-refractivity contribution in [1.29, 1.82) is 0 Å². The Balaban J connectivity index is 3.91. The Kier molecular flexibility index (Phi) is 5.01. The minimum absolute atomic E-state index is 0.104. The molecule has 80 valence electrons. The molecule has 0 atom stereocenters. The summed E-state index contributed by atoms with van der Waals surface area (Å²) in [5.74, 6) is -0.278. The van der Waals surface area contributed by atoms with Gasteiger partial charge in [0.2, 0.25) is 10.0 Å². The topological polar surface area (TPSA) is 46.2 Å². The van der Waals surface area contributed by atoms with Crippen LogP contribution in [-0.2, 0) is 10.0 Å². The van der Waals surface area contributed by atoms with Crippen molar-refractivity contribution >= 4 is 21.6 Å². The molecule has 0 bridgehead atoms. The summed E-state index contributed by atoms with van der Waals surface area (Å²) in [6.45, 7) is -1.53. The Morgan fingerprint density at radius 3 is 2.23 bits per heavy atom. The molecule has 0 aliphatic heterocycles. The van der Waals surface area contributed by atoms with Crippen molar-refractivity contribution in [3.8, 4) is 0 Å². The summed E-state index contributed by atoms with van der Waals surface area (Å²) in [5, 5.41) is 0. The molecule has 0 aromatic carbocycles. The molecule has 0 saturated carbocycles. The van der Waals surface area contributed by atoms with Crippen LogP contribution in [0.2, 0.25) is 0 Å². The zero-order valence-corrected chi connectivity index (χ0v) is 8.14. The van der Waals surface area contributed by atoms with E-state index in [1.165, 1.54) is 4.72 Å². The number of halogens is 4. The van der Waals surface area contributed by atoms with Gasteiger partial charge in [-0.05, 0) is 6.42 Å². The summed E-state index contributed by atoms with van der Waals surface area (Å²) in [6, 6.07) is 0. The van der Waals surface area contributed by atoms with Crippen LogP contribution in [0.25, 0.3) is 0 Å². The predicted molar refractivity (Wildman–Crippen MR) is 43.2 cm³/mol. The van der Waals surface area contributed by atoms with Gasteiger partial charge in [-0.15, -0.1) is 11.6 Å². The first-order valence-corrected chi connectivity index (χ1v) is 5.55. The van der Waals surface area contributed by atoms with Crippen LogP contribution in [0, 0.1) is 0 Å². The Bertz CT molecular complexity index is 239. The molecule has 0 radical (unpaired) electrons. The second kappa shape index (κ2) is 5.02. The lowest BCUT2D eigenvalue weighted by Crippen LogP contribution is -2.35. The van der Waals surface area contributed by atoms with Gasteiger partial charge < -0.3 is 0 Å². The Hall–Kier alpha value is -0.0100. The fourth-order valence-corrected chi connectivity index (χ4v) is 1.85. The van der Waals surface area contributed by atoms with E-state index in [1.54, 1.807) is 0 Å². The molecule has 0 aliphatic rings. The molecule has 0 aliphatic carbocycles. The Morgan fingerprint density at radius 2 is 1.85 bits per heavy atom. The van der Waals surface area contributed by atoms with E-state index in [1.807, 2.05) is 0 Å². The molecule has 0 fully saturated rings. The van der Waals surface area contributed by atoms with Crippen molar-refractivity contribution < 1.29 is 21.6 Å². The molecule has 0 heterocycles. The van der Waals surface area contributed by atoms with E-state index in [0.717, 1.165) is 0 Å². The van der Waals surface area contributed by atoms with E-state index in [-0.39, 0.29) is 18.1 Å². The second-order valence-corrected chi connectivity index (χ2v) is 4.60. The highest BCUT2D eigenvalue weighted by Gasteiger charge is 2.29. The molecule has 13 heavy (non-hydrogen) atoms. The molecule has 0 aromatic rings. The third kappa shape index (κ3) is 8.32. The monoisotopic (exact) mass is 239 g/mol. The second-order valence-electron chi connectivity index (χ2n) is 2.30. The summed E-state index contributed by atoms with van der Waals surface area (Å²) in [6.07, 6.45) is -4.39. The molecule has 0 unspecified atom stereocenters. The van der Waals surface area contributed by atoms with Gasteiger partial charge in [0.15, 0.2) is 0 Å². The number of hydrogen-bond donors (Lipinski definition) is 1. The van der Waals surface area contributed by atoms with Crippen LogP contribution >= 0.6 is 11.6 Å². The van der Waals surface area contributed by atoms with Crippen molar-refractivity contribution in [2.24, 2.45) is 0 Å². The maximum atomic E-state index is 11.6. The van der Waals surface area contributed by atoms with E-state index in [2.05, 4.69) is 0 Å². The van der Waals surface area contributed by atoms with Gasteiger partial charge >= 0.3 is 6.18 Å². The molecule has 0 saturated heterocycles. The van der Waals surface area contributed by atoms with Crippen molar-refractivity contribution in [1.82, 2.24) is 4.72 Å². The number of nitrogens with one attached hydrogen (secondary N) is 1. The molecular weight excluding hydrogens is 231 g/mol. The molecule has 0 spiro atoms. The fourth-order valence-electron chi connectivity index (χ4n) is 0.509. The van der Waals surface area contributed by atoms with Crippen LogP contribution in [0.15, 0.2) is 0 Å². The van der Waals surface area contributed by atoms with Gasteiger partial charge in [0.1, 0.15) is 6.54 Å². The highest BCUT2D eigenvalue weighted by atomic mass is 35.5. The average molecular weight is 240 g/mol. The van der Waals surface area contributed by atoms with Gasteiger partial charge in [0.05, 0.1) is 5.75 Å². The van der Waals surface area contributed by atoms with Crippen LogP contribution in [-0.4, -0.2) is 32.8 Å². The zero-order chi connectivity index (χ0) is 10.5. The van der Waals surface area contributed by atoms with Crippen LogP contribution in [0.3, 0.4) is 0 Å². The first-order chi connectivity index (χ1) is 5.77. The number of rotatable bonds is 5. The van der Waals surface area contributed by atoms with E-state index < -0.39 is 22.7 Å². The van der Waals surface area contributed by atoms with E-state index >= 15 is 0 Å². The Labute approximate surface area is 79.3 Å². The normalized spacial score (nSPS) is 13.2. The summed E-state index contributed by atoms with van der Waals surface area (Å²) in [4.78, 5) is 0. The lowest BCUT2D eigenvalue weighted by atomic mass is 10.6. The summed E-state index contributed by atoms with van der Waals surface area (Å²) < 4.78 is 57.6. The molecule has 0 aromatic heterocycles. The maximum Gasteiger partial charge on any atom is 0.402 e.